The molecule has 0 saturated carbocycles. The van der Waals surface area contributed by atoms with Crippen LogP contribution in [0.4, 0.5) is 48.7 Å². The van der Waals surface area contributed by atoms with Gasteiger partial charge in [0, 0.05) is 62.6 Å². The van der Waals surface area contributed by atoms with E-state index >= 15 is 0 Å². The van der Waals surface area contributed by atoms with E-state index in [1.54, 1.807) is 44.2 Å². The number of piperidine rings is 2. The summed E-state index contributed by atoms with van der Waals surface area (Å²) in [6.07, 6.45) is -6.33. The number of halogens is 11. The molecule has 2 aliphatic heterocycles. The van der Waals surface area contributed by atoms with Crippen molar-refractivity contribution in [3.05, 3.63) is 83.5 Å². The van der Waals surface area contributed by atoms with Crippen LogP contribution in [0.1, 0.15) is 67.9 Å². The lowest BCUT2D eigenvalue weighted by atomic mass is 9.86. The molecule has 0 unspecified atom stereocenters. The van der Waals surface area contributed by atoms with Crippen LogP contribution in [0.5, 0.6) is 0 Å². The lowest BCUT2D eigenvalue weighted by Gasteiger charge is -2.42. The van der Waals surface area contributed by atoms with Crippen molar-refractivity contribution >= 4 is 23.1 Å². The fraction of sp³-hybridized carbons (Fsp3) is 0.559. The zero-order valence-corrected chi connectivity index (χ0v) is 30.3. The maximum atomic E-state index is 14.1. The van der Waals surface area contributed by atoms with Crippen LogP contribution in [-0.2, 0) is 36.5 Å². The number of ether oxygens (including phenoxy) is 1. The first kappa shape index (κ1) is 43.8. The van der Waals surface area contributed by atoms with Gasteiger partial charge in [-0.2, -0.15) is 26.3 Å². The third-order valence-electron chi connectivity index (χ3n) is 8.86. The summed E-state index contributed by atoms with van der Waals surface area (Å²) in [6, 6.07) is 8.17. The number of alkyl halides is 10. The van der Waals surface area contributed by atoms with E-state index in [1.807, 2.05) is 0 Å². The Bertz CT molecular complexity index is 1580. The van der Waals surface area contributed by atoms with Crippen LogP contribution in [0.25, 0.3) is 0 Å². The van der Waals surface area contributed by atoms with Crippen molar-refractivity contribution in [2.24, 2.45) is 11.8 Å². The summed E-state index contributed by atoms with van der Waals surface area (Å²) in [6.45, 7) is 2.16. The van der Waals surface area contributed by atoms with Crippen LogP contribution in [0.3, 0.4) is 0 Å². The number of rotatable bonds is 8. The molecule has 5 rings (SSSR count). The summed E-state index contributed by atoms with van der Waals surface area (Å²) in [7, 11) is 0. The van der Waals surface area contributed by atoms with E-state index in [2.05, 4.69) is 25.3 Å². The molecule has 0 aliphatic carbocycles. The molecule has 1 N–H and O–H groups in total. The number of amides is 1. The van der Waals surface area contributed by atoms with Gasteiger partial charge in [0.25, 0.3) is 11.8 Å². The van der Waals surface area contributed by atoms with E-state index in [4.69, 9.17) is 4.74 Å². The lowest BCUT2D eigenvalue weighted by Crippen LogP contribution is -2.55. The third kappa shape index (κ3) is 13.3. The zero-order valence-electron chi connectivity index (χ0n) is 28.6. The standard InChI is InChI=1S/C21H22F5N3O2.C13H16F5N3.BrH/c1-14-9-20(22,23)13-29(19(30)31-12-15-5-3-2-4-6-15)17(14)7-8-18-27-10-16(11-28-18)21(24,25)26;1-8-4-12(14,15)7-21-10(8)2-3-11-19-5-9(6-20-11)13(16,17)18;/h2-6,10-11,14,17H,7-9,12-13H2,1H3;5-6,8,10,21H,2-4,7H2,1H3;1H/t14-,17-;8-,10-;/m11./s1. The van der Waals surface area contributed by atoms with Crippen molar-refractivity contribution in [2.75, 3.05) is 13.1 Å². The minimum atomic E-state index is -4.54. The number of nitrogens with zero attached hydrogens (tertiary/aromatic N) is 5. The Hall–Kier alpha value is -3.61. The van der Waals surface area contributed by atoms with Crippen molar-refractivity contribution < 1.29 is 53.4 Å². The van der Waals surface area contributed by atoms with Crippen LogP contribution in [0, 0.1) is 11.8 Å². The maximum absolute atomic E-state index is 14.1. The monoisotopic (exact) mass is 832 g/mol. The molecule has 4 atom stereocenters. The average Bonchev–Trinajstić information content (AvgIpc) is 3.06. The van der Waals surface area contributed by atoms with Gasteiger partial charge in [-0.05, 0) is 30.2 Å². The second kappa shape index (κ2) is 18.1. The van der Waals surface area contributed by atoms with Gasteiger partial charge in [-0.15, -0.1) is 17.0 Å². The van der Waals surface area contributed by atoms with Crippen LogP contribution in [0.2, 0.25) is 0 Å². The molecule has 0 bridgehead atoms. The number of aryl methyl sites for hydroxylation is 2. The molecule has 1 aromatic carbocycles. The molecule has 19 heteroatoms. The van der Waals surface area contributed by atoms with Gasteiger partial charge in [0.1, 0.15) is 18.3 Å². The van der Waals surface area contributed by atoms with E-state index in [0.29, 0.717) is 25.2 Å². The van der Waals surface area contributed by atoms with Crippen LogP contribution < -0.4 is 5.32 Å². The molecular formula is C34H39BrF10N6O2. The first-order valence-electron chi connectivity index (χ1n) is 16.4. The Morgan fingerprint density at radius 2 is 1.28 bits per heavy atom. The fourth-order valence-electron chi connectivity index (χ4n) is 6.16. The Kier molecular flexibility index (Phi) is 15.0. The van der Waals surface area contributed by atoms with Gasteiger partial charge in [0.05, 0.1) is 24.2 Å². The van der Waals surface area contributed by atoms with E-state index in [9.17, 15) is 48.7 Å². The predicted molar refractivity (Wildman–Crippen MR) is 177 cm³/mol. The highest BCUT2D eigenvalue weighted by Crippen LogP contribution is 2.37. The van der Waals surface area contributed by atoms with Crippen molar-refractivity contribution in [3.63, 3.8) is 0 Å². The average molecular weight is 834 g/mol. The largest absolute Gasteiger partial charge is 0.445 e. The number of benzene rings is 1. The molecule has 294 valence electrons. The maximum Gasteiger partial charge on any atom is 0.419 e. The van der Waals surface area contributed by atoms with E-state index in [-0.39, 0.29) is 73.0 Å². The van der Waals surface area contributed by atoms with Crippen LogP contribution in [0.15, 0.2) is 55.1 Å². The summed E-state index contributed by atoms with van der Waals surface area (Å²) in [5, 5.41) is 2.78. The summed E-state index contributed by atoms with van der Waals surface area (Å²) in [5.41, 5.74) is -1.13. The number of aromatic nitrogens is 4. The van der Waals surface area contributed by atoms with Gasteiger partial charge in [-0.1, -0.05) is 44.2 Å². The minimum Gasteiger partial charge on any atom is -0.445 e. The molecule has 53 heavy (non-hydrogen) atoms. The lowest BCUT2D eigenvalue weighted by molar-refractivity contribution is -0.139. The first-order chi connectivity index (χ1) is 24.2. The molecule has 2 aliphatic rings. The Labute approximate surface area is 309 Å². The molecule has 2 fully saturated rings. The Morgan fingerprint density at radius 1 is 0.792 bits per heavy atom. The Morgan fingerprint density at radius 3 is 1.77 bits per heavy atom. The number of carbonyl (C=O) groups excluding carboxylic acids is 1. The van der Waals surface area contributed by atoms with Gasteiger partial charge in [-0.25, -0.2) is 42.3 Å². The quantitative estimate of drug-likeness (QED) is 0.227. The molecule has 2 saturated heterocycles. The van der Waals surface area contributed by atoms with Crippen LogP contribution >= 0.6 is 17.0 Å². The topological polar surface area (TPSA) is 93.1 Å². The summed E-state index contributed by atoms with van der Waals surface area (Å²) < 4.78 is 135. The number of hydrogen-bond acceptors (Lipinski definition) is 7. The summed E-state index contributed by atoms with van der Waals surface area (Å²) >= 11 is 0. The number of carbonyl (C=O) groups is 1. The van der Waals surface area contributed by atoms with Crippen molar-refractivity contribution in [3.8, 4) is 0 Å². The normalized spacial score (nSPS) is 22.5. The second-order valence-electron chi connectivity index (χ2n) is 13.1. The predicted octanol–water partition coefficient (Wildman–Crippen LogP) is 8.75. The van der Waals surface area contributed by atoms with Gasteiger partial charge in [-0.3, -0.25) is 4.90 Å². The Balaban J connectivity index is 0.000000301. The third-order valence-corrected chi connectivity index (χ3v) is 8.86. The number of likely N-dealkylation sites (tertiary alicyclic amines) is 1. The first-order valence-corrected chi connectivity index (χ1v) is 16.4. The number of nitrogens with one attached hydrogen (secondary N) is 1. The highest BCUT2D eigenvalue weighted by molar-refractivity contribution is 8.93. The molecule has 0 radical (unpaired) electrons. The van der Waals surface area contributed by atoms with Crippen LogP contribution in [-0.4, -0.2) is 67.9 Å². The van der Waals surface area contributed by atoms with E-state index in [0.717, 1.165) is 22.9 Å². The van der Waals surface area contributed by atoms with Gasteiger partial charge in [0.2, 0.25) is 0 Å². The minimum absolute atomic E-state index is 0. The SMILES string of the molecule is Br.C[C@@H]1CC(F)(F)CN(C(=O)OCc2ccccc2)[C@@H]1CCc1ncc(C(F)(F)F)cn1.C[C@@H]1CC(F)(F)CN[C@@H]1CCc1ncc(C(F)(F)F)cn1. The fourth-order valence-corrected chi connectivity index (χ4v) is 6.16. The molecular weight excluding hydrogens is 794 g/mol. The zero-order chi connectivity index (χ0) is 38.3. The van der Waals surface area contributed by atoms with Gasteiger partial charge < -0.3 is 10.1 Å². The molecule has 8 nitrogen and oxygen atoms in total. The molecule has 3 aromatic rings. The molecule has 4 heterocycles. The summed E-state index contributed by atoms with van der Waals surface area (Å²) in [4.78, 5) is 28.4. The van der Waals surface area contributed by atoms with Gasteiger partial charge in [0.15, 0.2) is 0 Å². The summed E-state index contributed by atoms with van der Waals surface area (Å²) in [5.74, 6) is -6.05. The molecule has 1 amide bonds. The van der Waals surface area contributed by atoms with Crippen molar-refractivity contribution in [2.45, 2.75) is 95.3 Å². The van der Waals surface area contributed by atoms with E-state index < -0.39 is 66.3 Å². The van der Waals surface area contributed by atoms with E-state index in [1.165, 1.54) is 0 Å². The smallest absolute Gasteiger partial charge is 0.419 e. The van der Waals surface area contributed by atoms with Gasteiger partial charge >= 0.3 is 18.4 Å². The molecule has 0 spiro atoms. The highest BCUT2D eigenvalue weighted by atomic mass is 79.9. The van der Waals surface area contributed by atoms with Crippen molar-refractivity contribution in [1.29, 1.82) is 0 Å². The number of hydrogen-bond donors (Lipinski definition) is 1. The second-order valence-corrected chi connectivity index (χ2v) is 13.1. The van der Waals surface area contributed by atoms with Crippen molar-refractivity contribution in [1.82, 2.24) is 30.2 Å². The molecule has 2 aromatic heterocycles. The highest BCUT2D eigenvalue weighted by Gasteiger charge is 2.46.